The minimum absolute atomic E-state index is 0.306. The molecular formula is C12H26N2. The maximum absolute atomic E-state index is 5.98. The van der Waals surface area contributed by atoms with Crippen LogP contribution in [0.3, 0.4) is 0 Å². The largest absolute Gasteiger partial charge is 0.326 e. The predicted molar refractivity (Wildman–Crippen MR) is 62.3 cm³/mol. The van der Waals surface area contributed by atoms with Crippen LogP contribution in [-0.4, -0.2) is 19.1 Å². The third kappa shape index (κ3) is 3.58. The molecule has 1 rings (SSSR count). The molecule has 1 aliphatic rings. The van der Waals surface area contributed by atoms with Crippen molar-refractivity contribution in [2.45, 2.75) is 52.5 Å². The van der Waals surface area contributed by atoms with Gasteiger partial charge in [-0.3, -0.25) is 0 Å². The average Bonchev–Trinajstić information content (AvgIpc) is 2.52. The highest BCUT2D eigenvalue weighted by Gasteiger charge is 2.28. The fourth-order valence-electron chi connectivity index (χ4n) is 2.18. The summed E-state index contributed by atoms with van der Waals surface area (Å²) in [6.07, 6.45) is 5.59. The van der Waals surface area contributed by atoms with Crippen LogP contribution < -0.4 is 11.1 Å². The third-order valence-electron chi connectivity index (χ3n) is 3.60. The molecule has 3 N–H and O–H groups in total. The predicted octanol–water partition coefficient (Wildman–Crippen LogP) is 2.14. The highest BCUT2D eigenvalue weighted by molar-refractivity contribution is 4.83. The second-order valence-corrected chi connectivity index (χ2v) is 5.56. The van der Waals surface area contributed by atoms with Crippen molar-refractivity contribution in [2.75, 3.05) is 13.1 Å². The van der Waals surface area contributed by atoms with E-state index in [0.29, 0.717) is 17.4 Å². The van der Waals surface area contributed by atoms with Crippen molar-refractivity contribution in [1.82, 2.24) is 5.32 Å². The summed E-state index contributed by atoms with van der Waals surface area (Å²) in [5, 5.41) is 3.52. The van der Waals surface area contributed by atoms with Gasteiger partial charge in [0.15, 0.2) is 0 Å². The zero-order valence-corrected chi connectivity index (χ0v) is 9.97. The normalized spacial score (nSPS) is 22.9. The van der Waals surface area contributed by atoms with E-state index in [1.165, 1.54) is 25.7 Å². The molecule has 1 unspecified atom stereocenters. The van der Waals surface area contributed by atoms with Crippen molar-refractivity contribution < 1.29 is 0 Å². The second kappa shape index (κ2) is 5.13. The van der Waals surface area contributed by atoms with Crippen molar-refractivity contribution >= 4 is 0 Å². The summed E-state index contributed by atoms with van der Waals surface area (Å²) in [6.45, 7) is 8.88. The van der Waals surface area contributed by atoms with Gasteiger partial charge >= 0.3 is 0 Å². The van der Waals surface area contributed by atoms with Gasteiger partial charge in [0.2, 0.25) is 0 Å². The van der Waals surface area contributed by atoms with Crippen molar-refractivity contribution in [1.29, 1.82) is 0 Å². The Kier molecular flexibility index (Phi) is 4.39. The Labute approximate surface area is 88.6 Å². The van der Waals surface area contributed by atoms with Gasteiger partial charge in [-0.1, -0.05) is 33.6 Å². The molecular weight excluding hydrogens is 172 g/mol. The first-order chi connectivity index (χ1) is 6.53. The maximum Gasteiger partial charge on any atom is 0.0188 e. The molecule has 1 aliphatic carbocycles. The van der Waals surface area contributed by atoms with E-state index >= 15 is 0 Å². The van der Waals surface area contributed by atoms with E-state index in [4.69, 9.17) is 5.73 Å². The third-order valence-corrected chi connectivity index (χ3v) is 3.60. The highest BCUT2D eigenvalue weighted by atomic mass is 14.9. The van der Waals surface area contributed by atoms with Gasteiger partial charge in [-0.25, -0.2) is 0 Å². The standard InChI is InChI=1S/C12H26N2/c1-10(2)11(13)8-14-9-12(3)6-4-5-7-12/h10-11,14H,4-9,13H2,1-3H3. The zero-order chi connectivity index (χ0) is 10.6. The fraction of sp³-hybridized carbons (Fsp3) is 1.00. The number of nitrogens with two attached hydrogens (primary N) is 1. The summed E-state index contributed by atoms with van der Waals surface area (Å²) in [4.78, 5) is 0. The maximum atomic E-state index is 5.98. The second-order valence-electron chi connectivity index (χ2n) is 5.56. The molecule has 14 heavy (non-hydrogen) atoms. The van der Waals surface area contributed by atoms with Crippen LogP contribution in [0, 0.1) is 11.3 Å². The van der Waals surface area contributed by atoms with Gasteiger partial charge in [0.1, 0.15) is 0 Å². The first kappa shape index (κ1) is 12.0. The number of nitrogens with one attached hydrogen (secondary N) is 1. The van der Waals surface area contributed by atoms with Crippen LogP contribution in [0.2, 0.25) is 0 Å². The van der Waals surface area contributed by atoms with Gasteiger partial charge < -0.3 is 11.1 Å². The van der Waals surface area contributed by atoms with Gasteiger partial charge in [0.05, 0.1) is 0 Å². The Balaban J connectivity index is 2.14. The van der Waals surface area contributed by atoms with Crippen LogP contribution in [0.25, 0.3) is 0 Å². The van der Waals surface area contributed by atoms with E-state index in [1.54, 1.807) is 0 Å². The van der Waals surface area contributed by atoms with Gasteiger partial charge in [0.25, 0.3) is 0 Å². The van der Waals surface area contributed by atoms with Gasteiger partial charge in [-0.05, 0) is 24.2 Å². The van der Waals surface area contributed by atoms with E-state index in [0.717, 1.165) is 13.1 Å². The lowest BCUT2D eigenvalue weighted by molar-refractivity contribution is 0.305. The lowest BCUT2D eigenvalue weighted by Crippen LogP contribution is -2.41. The molecule has 2 nitrogen and oxygen atoms in total. The van der Waals surface area contributed by atoms with E-state index in [-0.39, 0.29) is 0 Å². The smallest absolute Gasteiger partial charge is 0.0188 e. The number of hydrogen-bond donors (Lipinski definition) is 2. The lowest BCUT2D eigenvalue weighted by Gasteiger charge is -2.25. The molecule has 1 atom stereocenters. The van der Waals surface area contributed by atoms with Crippen molar-refractivity contribution in [3.63, 3.8) is 0 Å². The quantitative estimate of drug-likeness (QED) is 0.710. The molecule has 0 amide bonds. The summed E-state index contributed by atoms with van der Waals surface area (Å²) >= 11 is 0. The molecule has 0 spiro atoms. The first-order valence-electron chi connectivity index (χ1n) is 6.00. The monoisotopic (exact) mass is 198 g/mol. The minimum atomic E-state index is 0.306. The van der Waals surface area contributed by atoms with Crippen molar-refractivity contribution in [3.05, 3.63) is 0 Å². The van der Waals surface area contributed by atoms with Crippen LogP contribution in [0.1, 0.15) is 46.5 Å². The number of hydrogen-bond acceptors (Lipinski definition) is 2. The molecule has 0 aromatic heterocycles. The van der Waals surface area contributed by atoms with Gasteiger partial charge in [-0.15, -0.1) is 0 Å². The molecule has 0 aromatic carbocycles. The van der Waals surface area contributed by atoms with Gasteiger partial charge in [0, 0.05) is 19.1 Å². The van der Waals surface area contributed by atoms with Crippen molar-refractivity contribution in [3.8, 4) is 0 Å². The summed E-state index contributed by atoms with van der Waals surface area (Å²) < 4.78 is 0. The Morgan fingerprint density at radius 3 is 2.36 bits per heavy atom. The van der Waals surface area contributed by atoms with E-state index in [9.17, 15) is 0 Å². The lowest BCUT2D eigenvalue weighted by atomic mass is 9.89. The Bertz CT molecular complexity index is 160. The molecule has 2 heteroatoms. The summed E-state index contributed by atoms with van der Waals surface area (Å²) in [5.41, 5.74) is 6.53. The molecule has 1 saturated carbocycles. The Hall–Kier alpha value is -0.0800. The molecule has 0 bridgehead atoms. The molecule has 1 fully saturated rings. The van der Waals surface area contributed by atoms with E-state index in [1.807, 2.05) is 0 Å². The van der Waals surface area contributed by atoms with Crippen LogP contribution >= 0.6 is 0 Å². The van der Waals surface area contributed by atoms with Gasteiger partial charge in [-0.2, -0.15) is 0 Å². The molecule has 0 saturated heterocycles. The fourth-order valence-corrected chi connectivity index (χ4v) is 2.18. The average molecular weight is 198 g/mol. The van der Waals surface area contributed by atoms with Crippen molar-refractivity contribution in [2.24, 2.45) is 17.1 Å². The highest BCUT2D eigenvalue weighted by Crippen LogP contribution is 2.36. The summed E-state index contributed by atoms with van der Waals surface area (Å²) in [6, 6.07) is 0.306. The Morgan fingerprint density at radius 2 is 1.86 bits per heavy atom. The molecule has 84 valence electrons. The van der Waals surface area contributed by atoms with E-state index < -0.39 is 0 Å². The number of rotatable bonds is 5. The minimum Gasteiger partial charge on any atom is -0.326 e. The SMILES string of the molecule is CC(C)C(N)CNCC1(C)CCCC1. The topological polar surface area (TPSA) is 38.0 Å². The van der Waals surface area contributed by atoms with Crippen LogP contribution in [0.5, 0.6) is 0 Å². The van der Waals surface area contributed by atoms with Crippen LogP contribution in [-0.2, 0) is 0 Å². The first-order valence-corrected chi connectivity index (χ1v) is 6.00. The zero-order valence-electron chi connectivity index (χ0n) is 9.97. The summed E-state index contributed by atoms with van der Waals surface area (Å²) in [5.74, 6) is 0.582. The summed E-state index contributed by atoms with van der Waals surface area (Å²) in [7, 11) is 0. The van der Waals surface area contributed by atoms with Crippen LogP contribution in [0.15, 0.2) is 0 Å². The molecule has 0 heterocycles. The van der Waals surface area contributed by atoms with E-state index in [2.05, 4.69) is 26.1 Å². The molecule has 0 aromatic rings. The molecule has 0 aliphatic heterocycles. The van der Waals surface area contributed by atoms with Crippen LogP contribution in [0.4, 0.5) is 0 Å². The Morgan fingerprint density at radius 1 is 1.29 bits per heavy atom. The molecule has 0 radical (unpaired) electrons.